The van der Waals surface area contributed by atoms with Crippen LogP contribution in [0, 0.1) is 0 Å². The molecule has 0 amide bonds. The predicted octanol–water partition coefficient (Wildman–Crippen LogP) is 21.7. The van der Waals surface area contributed by atoms with Crippen molar-refractivity contribution in [1.29, 1.82) is 0 Å². The summed E-state index contributed by atoms with van der Waals surface area (Å²) < 4.78 is 6.46. The van der Waals surface area contributed by atoms with Gasteiger partial charge in [-0.25, -0.2) is 0 Å². The summed E-state index contributed by atoms with van der Waals surface area (Å²) in [4.78, 5) is 0. The molecule has 0 unspecified atom stereocenters. The molecule has 1 heterocycles. The molecule has 0 atom stereocenters. The minimum absolute atomic E-state index is 0.912. The Hall–Kier alpha value is -10.1. The molecular weight excluding hydrogens is 929 g/mol. The third-order valence-electron chi connectivity index (χ3n) is 16.4. The van der Waals surface area contributed by atoms with Gasteiger partial charge in [0.15, 0.2) is 0 Å². The van der Waals surface area contributed by atoms with E-state index in [1.807, 2.05) is 6.07 Å². The van der Waals surface area contributed by atoms with Crippen molar-refractivity contribution in [3.05, 3.63) is 279 Å². The first kappa shape index (κ1) is 43.3. The fourth-order valence-electron chi connectivity index (χ4n) is 13.0. The summed E-state index contributed by atoms with van der Waals surface area (Å²) >= 11 is 0. The van der Waals surface area contributed by atoms with Gasteiger partial charge in [0.1, 0.15) is 11.2 Å². The van der Waals surface area contributed by atoms with Gasteiger partial charge in [-0.3, -0.25) is 0 Å². The second-order valence-electron chi connectivity index (χ2n) is 20.6. The lowest BCUT2D eigenvalue weighted by Crippen LogP contribution is -1.92. The van der Waals surface area contributed by atoms with Gasteiger partial charge in [-0.1, -0.05) is 255 Å². The molecule has 1 nitrogen and oxygen atoms in total. The molecule has 1 aromatic heterocycles. The average molecular weight is 975 g/mol. The van der Waals surface area contributed by atoms with Crippen molar-refractivity contribution in [3.63, 3.8) is 0 Å². The van der Waals surface area contributed by atoms with Crippen LogP contribution < -0.4 is 0 Å². The normalized spacial score (nSPS) is 11.9. The average Bonchev–Trinajstić information content (AvgIpc) is 3.90. The fourth-order valence-corrected chi connectivity index (χ4v) is 13.0. The smallest absolute Gasteiger partial charge is 0.143 e. The van der Waals surface area contributed by atoms with Gasteiger partial charge in [0.25, 0.3) is 0 Å². The highest BCUT2D eigenvalue weighted by Crippen LogP contribution is 2.49. The topological polar surface area (TPSA) is 13.1 Å². The van der Waals surface area contributed by atoms with Crippen molar-refractivity contribution < 1.29 is 4.42 Å². The molecule has 0 saturated carbocycles. The first-order chi connectivity index (χ1) is 38.2. The van der Waals surface area contributed by atoms with E-state index in [-0.39, 0.29) is 0 Å². The zero-order chi connectivity index (χ0) is 50.6. The standard InChI is InChI=1S/C76H46O/c1-2-17-50-46-55(39-34-47(50)16-1)73-64-23-5-9-27-68(64)75(69-28-10-6-24-65(69)73)61-31-14-19-54-45-52(41-43-57(54)61)51-40-42-56-53(44-51)18-13-30-60(56)74-66-25-7-3-21-62(66)72(63-22-4-8-26-67(63)74)49-37-35-48(36-38-49)58-29-15-32-70-59-20-11-12-33-71(59)77-76(58)70/h1-46H. The molecule has 0 bridgehead atoms. The predicted molar refractivity (Wildman–Crippen MR) is 329 cm³/mol. The number of furan rings is 1. The first-order valence-electron chi connectivity index (χ1n) is 26.6. The Morgan fingerprint density at radius 2 is 0.545 bits per heavy atom. The molecule has 15 aromatic carbocycles. The van der Waals surface area contributed by atoms with Crippen molar-refractivity contribution >= 4 is 97.3 Å². The van der Waals surface area contributed by atoms with Crippen molar-refractivity contribution in [3.8, 4) is 66.8 Å². The Bertz CT molecular complexity index is 4980. The monoisotopic (exact) mass is 974 g/mol. The van der Waals surface area contributed by atoms with Gasteiger partial charge in [0, 0.05) is 16.3 Å². The highest BCUT2D eigenvalue weighted by molar-refractivity contribution is 6.25. The van der Waals surface area contributed by atoms with Gasteiger partial charge in [-0.05, 0) is 161 Å². The van der Waals surface area contributed by atoms with Crippen LogP contribution in [-0.2, 0) is 0 Å². The summed E-state index contributed by atoms with van der Waals surface area (Å²) in [5, 5.41) is 19.7. The van der Waals surface area contributed by atoms with Crippen molar-refractivity contribution in [2.45, 2.75) is 0 Å². The molecule has 16 aromatic rings. The number of hydrogen-bond acceptors (Lipinski definition) is 1. The Labute approximate surface area is 445 Å². The summed E-state index contributed by atoms with van der Waals surface area (Å²) in [5.41, 5.74) is 16.4. The van der Waals surface area contributed by atoms with E-state index < -0.39 is 0 Å². The van der Waals surface area contributed by atoms with Crippen LogP contribution in [0.4, 0.5) is 0 Å². The molecule has 0 aliphatic carbocycles. The summed E-state index contributed by atoms with van der Waals surface area (Å²) in [7, 11) is 0. The van der Waals surface area contributed by atoms with Crippen LogP contribution in [0.5, 0.6) is 0 Å². The van der Waals surface area contributed by atoms with Gasteiger partial charge in [0.2, 0.25) is 0 Å². The quantitative estimate of drug-likeness (QED) is 0.151. The number of fused-ring (bicyclic) bond motifs is 10. The molecule has 1 heteroatoms. The van der Waals surface area contributed by atoms with E-state index in [1.165, 1.54) is 131 Å². The van der Waals surface area contributed by atoms with E-state index in [1.54, 1.807) is 0 Å². The number of para-hydroxylation sites is 2. The zero-order valence-electron chi connectivity index (χ0n) is 42.0. The van der Waals surface area contributed by atoms with E-state index in [9.17, 15) is 0 Å². The molecule has 0 fully saturated rings. The van der Waals surface area contributed by atoms with Crippen LogP contribution in [-0.4, -0.2) is 0 Å². The van der Waals surface area contributed by atoms with Crippen LogP contribution in [0.3, 0.4) is 0 Å². The number of benzene rings is 15. The maximum Gasteiger partial charge on any atom is 0.143 e. The molecule has 0 aliphatic rings. The largest absolute Gasteiger partial charge is 0.455 e. The molecule has 0 aliphatic heterocycles. The SMILES string of the molecule is c1ccc2cc(-c3c4ccccc4c(-c4cccc5cc(-c6ccc7c(-c8c9ccccc9c(-c9ccc(-c%10cccc%11c%10oc%10ccccc%10%11)cc9)c9ccccc89)cccc7c6)ccc45)c4ccccc34)ccc2c1. The highest BCUT2D eigenvalue weighted by Gasteiger charge is 2.21. The third kappa shape index (κ3) is 6.81. The molecule has 0 radical (unpaired) electrons. The second kappa shape index (κ2) is 17.2. The van der Waals surface area contributed by atoms with E-state index in [0.717, 1.165) is 33.1 Å². The molecule has 16 rings (SSSR count). The van der Waals surface area contributed by atoms with Crippen molar-refractivity contribution in [1.82, 2.24) is 0 Å². The van der Waals surface area contributed by atoms with Crippen LogP contribution >= 0.6 is 0 Å². The van der Waals surface area contributed by atoms with E-state index >= 15 is 0 Å². The number of rotatable bonds is 6. The minimum atomic E-state index is 0.912. The van der Waals surface area contributed by atoms with Crippen LogP contribution in [0.2, 0.25) is 0 Å². The molecule has 356 valence electrons. The summed E-state index contributed by atoms with van der Waals surface area (Å²) in [5.74, 6) is 0. The van der Waals surface area contributed by atoms with Gasteiger partial charge in [-0.2, -0.15) is 0 Å². The van der Waals surface area contributed by atoms with Crippen LogP contribution in [0.25, 0.3) is 164 Å². The van der Waals surface area contributed by atoms with Crippen LogP contribution in [0.15, 0.2) is 283 Å². The molecule has 0 saturated heterocycles. The Balaban J connectivity index is 0.792. The van der Waals surface area contributed by atoms with Gasteiger partial charge >= 0.3 is 0 Å². The first-order valence-corrected chi connectivity index (χ1v) is 26.6. The maximum atomic E-state index is 6.46. The van der Waals surface area contributed by atoms with Gasteiger partial charge < -0.3 is 4.42 Å². The van der Waals surface area contributed by atoms with Gasteiger partial charge in [0.05, 0.1) is 0 Å². The van der Waals surface area contributed by atoms with E-state index in [2.05, 4.69) is 273 Å². The van der Waals surface area contributed by atoms with E-state index in [4.69, 9.17) is 4.42 Å². The summed E-state index contributed by atoms with van der Waals surface area (Å²) in [6, 6.07) is 103. The molecule has 77 heavy (non-hydrogen) atoms. The minimum Gasteiger partial charge on any atom is -0.455 e. The Kier molecular flexibility index (Phi) is 9.71. The summed E-state index contributed by atoms with van der Waals surface area (Å²) in [6.45, 7) is 0. The Morgan fingerprint density at radius 3 is 1.09 bits per heavy atom. The van der Waals surface area contributed by atoms with E-state index in [0.29, 0.717) is 0 Å². The third-order valence-corrected chi connectivity index (χ3v) is 16.4. The highest BCUT2D eigenvalue weighted by atomic mass is 16.3. The zero-order valence-corrected chi connectivity index (χ0v) is 42.0. The Morgan fingerprint density at radius 1 is 0.182 bits per heavy atom. The molecule has 0 spiro atoms. The summed E-state index contributed by atoms with van der Waals surface area (Å²) in [6.07, 6.45) is 0. The lowest BCUT2D eigenvalue weighted by atomic mass is 9.84. The van der Waals surface area contributed by atoms with Crippen LogP contribution in [0.1, 0.15) is 0 Å². The molecular formula is C76H46O. The lowest BCUT2D eigenvalue weighted by Gasteiger charge is -2.19. The maximum absolute atomic E-state index is 6.46. The second-order valence-corrected chi connectivity index (χ2v) is 20.6. The van der Waals surface area contributed by atoms with Gasteiger partial charge in [-0.15, -0.1) is 0 Å². The fraction of sp³-hybridized carbons (Fsp3) is 0. The van der Waals surface area contributed by atoms with Crippen molar-refractivity contribution in [2.24, 2.45) is 0 Å². The van der Waals surface area contributed by atoms with Crippen molar-refractivity contribution in [2.75, 3.05) is 0 Å². The molecule has 0 N–H and O–H groups in total. The number of hydrogen-bond donors (Lipinski definition) is 0. The lowest BCUT2D eigenvalue weighted by molar-refractivity contribution is 0.670.